The van der Waals surface area contributed by atoms with E-state index in [9.17, 15) is 0 Å². The van der Waals surface area contributed by atoms with Crippen LogP contribution in [0, 0.1) is 0 Å². The number of hydrogen-bond donors (Lipinski definition) is 2. The van der Waals surface area contributed by atoms with Gasteiger partial charge in [-0.15, -0.1) is 0 Å². The molecule has 156 valence electrons. The van der Waals surface area contributed by atoms with Crippen molar-refractivity contribution in [2.75, 3.05) is 59.4 Å². The molecule has 0 amide bonds. The maximum atomic E-state index is 4.43. The molecule has 0 radical (unpaired) electrons. The molecule has 0 spiro atoms. The summed E-state index contributed by atoms with van der Waals surface area (Å²) in [5.74, 6) is 0.943. The highest BCUT2D eigenvalue weighted by molar-refractivity contribution is 5.79. The van der Waals surface area contributed by atoms with Crippen LogP contribution in [0.15, 0.2) is 35.3 Å². The number of nitrogens with zero attached hydrogens (tertiary/aromatic N) is 3. The number of benzene rings is 1. The second-order valence-corrected chi connectivity index (χ2v) is 8.34. The molecule has 1 heterocycles. The summed E-state index contributed by atoms with van der Waals surface area (Å²) in [6, 6.07) is 11.0. The van der Waals surface area contributed by atoms with Crippen molar-refractivity contribution < 1.29 is 0 Å². The minimum absolute atomic E-state index is 0.291. The predicted octanol–water partition coefficient (Wildman–Crippen LogP) is 2.69. The SMILES string of the molecule is CCN1CCN(CCCCNC(=NC)NCC2(c3ccccc3)CCC2)CC1. The third-order valence-corrected chi connectivity index (χ3v) is 6.62. The Hall–Kier alpha value is -1.59. The van der Waals surface area contributed by atoms with Crippen molar-refractivity contribution in [3.63, 3.8) is 0 Å². The molecule has 0 unspecified atom stereocenters. The summed E-state index contributed by atoms with van der Waals surface area (Å²) in [6.45, 7) is 11.6. The quantitative estimate of drug-likeness (QED) is 0.390. The third kappa shape index (κ3) is 5.71. The standard InChI is InChI=1S/C23H39N5/c1-3-27-16-18-28(19-17-27)15-8-7-14-25-22(24-2)26-20-23(12-9-13-23)21-10-5-4-6-11-21/h4-6,10-11H,3,7-9,12-20H2,1-2H3,(H2,24,25,26). The maximum absolute atomic E-state index is 4.43. The first-order valence-electron chi connectivity index (χ1n) is 11.2. The van der Waals surface area contributed by atoms with E-state index < -0.39 is 0 Å². The average molecular weight is 386 g/mol. The predicted molar refractivity (Wildman–Crippen MR) is 119 cm³/mol. The molecule has 2 aliphatic rings. The van der Waals surface area contributed by atoms with E-state index in [0.717, 1.165) is 19.0 Å². The Bertz CT molecular complexity index is 588. The number of likely N-dealkylation sites (N-methyl/N-ethyl adjacent to an activating group) is 1. The summed E-state index contributed by atoms with van der Waals surface area (Å²) in [7, 11) is 1.87. The van der Waals surface area contributed by atoms with Gasteiger partial charge in [-0.25, -0.2) is 0 Å². The van der Waals surface area contributed by atoms with E-state index in [1.165, 1.54) is 76.9 Å². The van der Waals surface area contributed by atoms with Crippen LogP contribution >= 0.6 is 0 Å². The topological polar surface area (TPSA) is 42.9 Å². The number of hydrogen-bond acceptors (Lipinski definition) is 3. The van der Waals surface area contributed by atoms with E-state index in [2.05, 4.69) is 62.7 Å². The molecule has 1 aromatic carbocycles. The second-order valence-electron chi connectivity index (χ2n) is 8.34. The summed E-state index contributed by atoms with van der Waals surface area (Å²) in [5, 5.41) is 7.09. The smallest absolute Gasteiger partial charge is 0.191 e. The van der Waals surface area contributed by atoms with Gasteiger partial charge in [-0.05, 0) is 44.3 Å². The first-order chi connectivity index (χ1) is 13.8. The molecule has 1 aromatic rings. The van der Waals surface area contributed by atoms with Crippen molar-refractivity contribution in [1.29, 1.82) is 0 Å². The number of nitrogens with one attached hydrogen (secondary N) is 2. The highest BCUT2D eigenvalue weighted by Crippen LogP contribution is 2.43. The highest BCUT2D eigenvalue weighted by Gasteiger charge is 2.38. The molecule has 1 saturated carbocycles. The number of guanidine groups is 1. The van der Waals surface area contributed by atoms with Crippen LogP contribution in [0.25, 0.3) is 0 Å². The Balaban J connectivity index is 1.32. The van der Waals surface area contributed by atoms with Crippen LogP contribution in [0.4, 0.5) is 0 Å². The van der Waals surface area contributed by atoms with Gasteiger partial charge in [-0.2, -0.15) is 0 Å². The van der Waals surface area contributed by atoms with E-state index in [0.29, 0.717) is 5.41 Å². The molecule has 0 aromatic heterocycles. The van der Waals surface area contributed by atoms with Crippen LogP contribution < -0.4 is 10.6 Å². The molecule has 1 aliphatic heterocycles. The molecule has 5 nitrogen and oxygen atoms in total. The Morgan fingerprint density at radius 1 is 1.00 bits per heavy atom. The van der Waals surface area contributed by atoms with Gasteiger partial charge in [-0.3, -0.25) is 4.99 Å². The fraction of sp³-hybridized carbons (Fsp3) is 0.696. The van der Waals surface area contributed by atoms with Gasteiger partial charge in [0.25, 0.3) is 0 Å². The zero-order valence-electron chi connectivity index (χ0n) is 17.9. The molecular weight excluding hydrogens is 346 g/mol. The Morgan fingerprint density at radius 3 is 2.32 bits per heavy atom. The molecule has 0 bridgehead atoms. The highest BCUT2D eigenvalue weighted by atomic mass is 15.3. The minimum atomic E-state index is 0.291. The Morgan fingerprint density at radius 2 is 1.71 bits per heavy atom. The van der Waals surface area contributed by atoms with Crippen molar-refractivity contribution in [2.24, 2.45) is 4.99 Å². The van der Waals surface area contributed by atoms with E-state index in [1.807, 2.05) is 7.05 Å². The molecule has 0 atom stereocenters. The number of piperazine rings is 1. The zero-order valence-corrected chi connectivity index (χ0v) is 17.9. The first-order valence-corrected chi connectivity index (χ1v) is 11.2. The maximum Gasteiger partial charge on any atom is 0.191 e. The summed E-state index contributed by atoms with van der Waals surface area (Å²) in [5.41, 5.74) is 1.76. The number of unbranched alkanes of at least 4 members (excludes halogenated alkanes) is 1. The molecule has 3 rings (SSSR count). The van der Waals surface area contributed by atoms with Gasteiger partial charge in [0.15, 0.2) is 5.96 Å². The lowest BCUT2D eigenvalue weighted by molar-refractivity contribution is 0.136. The van der Waals surface area contributed by atoms with Crippen LogP contribution in [0.3, 0.4) is 0 Å². The third-order valence-electron chi connectivity index (χ3n) is 6.62. The summed E-state index contributed by atoms with van der Waals surface area (Å²) in [6.07, 6.45) is 6.32. The zero-order chi connectivity index (χ0) is 19.7. The minimum Gasteiger partial charge on any atom is -0.356 e. The van der Waals surface area contributed by atoms with E-state index in [1.54, 1.807) is 0 Å². The molecule has 1 saturated heterocycles. The van der Waals surface area contributed by atoms with Crippen molar-refractivity contribution >= 4 is 5.96 Å². The van der Waals surface area contributed by atoms with Gasteiger partial charge in [0.05, 0.1) is 0 Å². The van der Waals surface area contributed by atoms with Gasteiger partial charge < -0.3 is 20.4 Å². The molecular formula is C23H39N5. The van der Waals surface area contributed by atoms with E-state index in [4.69, 9.17) is 0 Å². The second kappa shape index (κ2) is 10.8. The van der Waals surface area contributed by atoms with E-state index in [-0.39, 0.29) is 0 Å². The van der Waals surface area contributed by atoms with Crippen LogP contribution in [-0.2, 0) is 5.41 Å². The van der Waals surface area contributed by atoms with Gasteiger partial charge in [0.1, 0.15) is 0 Å². The monoisotopic (exact) mass is 385 g/mol. The lowest BCUT2D eigenvalue weighted by Gasteiger charge is -2.43. The average Bonchev–Trinajstić information content (AvgIpc) is 2.72. The molecule has 2 N–H and O–H groups in total. The number of aliphatic imine (C=N–C) groups is 1. The Kier molecular flexibility index (Phi) is 8.16. The van der Waals surface area contributed by atoms with Crippen molar-refractivity contribution in [3.05, 3.63) is 35.9 Å². The fourth-order valence-corrected chi connectivity index (χ4v) is 4.43. The van der Waals surface area contributed by atoms with Crippen molar-refractivity contribution in [3.8, 4) is 0 Å². The summed E-state index contributed by atoms with van der Waals surface area (Å²) in [4.78, 5) is 9.58. The van der Waals surface area contributed by atoms with Gasteiger partial charge in [0, 0.05) is 51.7 Å². The van der Waals surface area contributed by atoms with Gasteiger partial charge in [0.2, 0.25) is 0 Å². The van der Waals surface area contributed by atoms with Crippen LogP contribution in [0.5, 0.6) is 0 Å². The first kappa shape index (κ1) is 21.1. The van der Waals surface area contributed by atoms with Crippen LogP contribution in [0.2, 0.25) is 0 Å². The van der Waals surface area contributed by atoms with Gasteiger partial charge >= 0.3 is 0 Å². The van der Waals surface area contributed by atoms with Crippen molar-refractivity contribution in [1.82, 2.24) is 20.4 Å². The van der Waals surface area contributed by atoms with E-state index >= 15 is 0 Å². The lowest BCUT2D eigenvalue weighted by Crippen LogP contribution is -2.49. The lowest BCUT2D eigenvalue weighted by atomic mass is 9.64. The summed E-state index contributed by atoms with van der Waals surface area (Å²) < 4.78 is 0. The summed E-state index contributed by atoms with van der Waals surface area (Å²) >= 11 is 0. The van der Waals surface area contributed by atoms with Crippen molar-refractivity contribution in [2.45, 2.75) is 44.4 Å². The normalized spacial score (nSPS) is 20.6. The molecule has 1 aliphatic carbocycles. The van der Waals surface area contributed by atoms with Crippen LogP contribution in [-0.4, -0.2) is 75.2 Å². The molecule has 28 heavy (non-hydrogen) atoms. The number of rotatable bonds is 9. The fourth-order valence-electron chi connectivity index (χ4n) is 4.43. The molecule has 2 fully saturated rings. The largest absolute Gasteiger partial charge is 0.356 e. The Labute approximate surface area is 171 Å². The molecule has 5 heteroatoms. The van der Waals surface area contributed by atoms with Crippen LogP contribution in [0.1, 0.15) is 44.6 Å². The van der Waals surface area contributed by atoms with Gasteiger partial charge in [-0.1, -0.05) is 43.7 Å².